The van der Waals surface area contributed by atoms with Crippen molar-refractivity contribution in [3.05, 3.63) is 70.4 Å². The molecule has 138 valence electrons. The van der Waals surface area contributed by atoms with Gasteiger partial charge in [0.25, 0.3) is 5.91 Å². The number of amides is 1. The number of hydrogen-bond donors (Lipinski definition) is 0. The van der Waals surface area contributed by atoms with E-state index in [1.165, 1.54) is 23.5 Å². The zero-order valence-corrected chi connectivity index (χ0v) is 16.1. The molecule has 0 fully saturated rings. The van der Waals surface area contributed by atoms with Crippen molar-refractivity contribution in [2.75, 3.05) is 11.4 Å². The number of hydrogen-bond acceptors (Lipinski definition) is 3. The van der Waals surface area contributed by atoms with Crippen molar-refractivity contribution in [1.29, 1.82) is 0 Å². The second-order valence-electron chi connectivity index (χ2n) is 6.63. The Morgan fingerprint density at radius 1 is 1.22 bits per heavy atom. The van der Waals surface area contributed by atoms with Crippen LogP contribution >= 0.6 is 11.3 Å². The lowest BCUT2D eigenvalue weighted by atomic mass is 10.0. The van der Waals surface area contributed by atoms with Crippen molar-refractivity contribution in [2.24, 2.45) is 0 Å². The largest absolute Gasteiger partial charge is 0.488 e. The molecule has 1 aliphatic heterocycles. The number of benzene rings is 2. The maximum Gasteiger partial charge on any atom is 0.268 e. The summed E-state index contributed by atoms with van der Waals surface area (Å²) in [4.78, 5) is 16.7. The summed E-state index contributed by atoms with van der Waals surface area (Å²) in [6.45, 7) is 5.14. The lowest BCUT2D eigenvalue weighted by Gasteiger charge is -2.21. The molecule has 4 rings (SSSR count). The van der Waals surface area contributed by atoms with E-state index in [4.69, 9.17) is 4.74 Å². The molecular formula is C22H20FNO2S. The number of thiophene rings is 1. The molecule has 1 aliphatic rings. The zero-order valence-electron chi connectivity index (χ0n) is 15.3. The molecule has 0 bridgehead atoms. The monoisotopic (exact) mass is 381 g/mol. The van der Waals surface area contributed by atoms with Crippen LogP contribution in [0.25, 0.3) is 10.4 Å². The molecular weight excluding hydrogens is 361 g/mol. The second-order valence-corrected chi connectivity index (χ2v) is 7.69. The third kappa shape index (κ3) is 3.23. The lowest BCUT2D eigenvalue weighted by molar-refractivity contribution is 0.0990. The van der Waals surface area contributed by atoms with E-state index in [0.29, 0.717) is 23.7 Å². The van der Waals surface area contributed by atoms with Gasteiger partial charge in [0.2, 0.25) is 0 Å². The SMILES string of the molecule is CCCN(C(=O)c1cc2c(s1)-c1c(C)cccc1OC2)c1ccc(F)cc1. The van der Waals surface area contributed by atoms with Crippen LogP contribution in [-0.4, -0.2) is 12.5 Å². The van der Waals surface area contributed by atoms with E-state index in [1.54, 1.807) is 17.0 Å². The van der Waals surface area contributed by atoms with Crippen LogP contribution in [0.2, 0.25) is 0 Å². The summed E-state index contributed by atoms with van der Waals surface area (Å²) in [5, 5.41) is 0. The van der Waals surface area contributed by atoms with Crippen molar-refractivity contribution < 1.29 is 13.9 Å². The van der Waals surface area contributed by atoms with Crippen LogP contribution in [0.4, 0.5) is 10.1 Å². The Morgan fingerprint density at radius 2 is 2.00 bits per heavy atom. The predicted octanol–water partition coefficient (Wildman–Crippen LogP) is 5.81. The first-order chi connectivity index (χ1) is 13.1. The molecule has 2 heterocycles. The molecule has 5 heteroatoms. The highest BCUT2D eigenvalue weighted by Crippen LogP contribution is 2.44. The van der Waals surface area contributed by atoms with Crippen LogP contribution in [-0.2, 0) is 6.61 Å². The first-order valence-electron chi connectivity index (χ1n) is 9.01. The first-order valence-corrected chi connectivity index (χ1v) is 9.83. The number of anilines is 1. The van der Waals surface area contributed by atoms with E-state index >= 15 is 0 Å². The van der Waals surface area contributed by atoms with Gasteiger partial charge in [0, 0.05) is 28.2 Å². The molecule has 2 aromatic carbocycles. The van der Waals surface area contributed by atoms with E-state index in [-0.39, 0.29) is 11.7 Å². The lowest BCUT2D eigenvalue weighted by Crippen LogP contribution is -2.31. The Bertz CT molecular complexity index is 994. The van der Waals surface area contributed by atoms with Crippen molar-refractivity contribution in [3.8, 4) is 16.2 Å². The van der Waals surface area contributed by atoms with Gasteiger partial charge < -0.3 is 9.64 Å². The van der Waals surface area contributed by atoms with Gasteiger partial charge in [0.1, 0.15) is 18.2 Å². The molecule has 1 aromatic heterocycles. The molecule has 0 aliphatic carbocycles. The summed E-state index contributed by atoms with van der Waals surface area (Å²) in [6.07, 6.45) is 0.819. The average Bonchev–Trinajstić information content (AvgIpc) is 3.11. The molecule has 1 amide bonds. The highest BCUT2D eigenvalue weighted by molar-refractivity contribution is 7.17. The topological polar surface area (TPSA) is 29.5 Å². The number of ether oxygens (including phenoxy) is 1. The third-order valence-corrected chi connectivity index (χ3v) is 5.88. The van der Waals surface area contributed by atoms with Gasteiger partial charge >= 0.3 is 0 Å². The van der Waals surface area contributed by atoms with Gasteiger partial charge in [-0.25, -0.2) is 4.39 Å². The normalized spacial score (nSPS) is 12.1. The molecule has 27 heavy (non-hydrogen) atoms. The van der Waals surface area contributed by atoms with Crippen molar-refractivity contribution >= 4 is 22.9 Å². The standard InChI is InChI=1S/C22H20FNO2S/c1-3-11-24(17-9-7-16(23)8-10-17)22(25)19-12-15-13-26-18-6-4-5-14(2)20(18)21(15)27-19/h4-10,12H,3,11,13H2,1-2H3. The average molecular weight is 381 g/mol. The van der Waals surface area contributed by atoms with E-state index in [9.17, 15) is 9.18 Å². The van der Waals surface area contributed by atoms with E-state index in [0.717, 1.165) is 33.7 Å². The van der Waals surface area contributed by atoms with E-state index in [2.05, 4.69) is 13.0 Å². The fourth-order valence-corrected chi connectivity index (χ4v) is 4.62. The fraction of sp³-hybridized carbons (Fsp3) is 0.227. The van der Waals surface area contributed by atoms with Crippen LogP contribution in [0, 0.1) is 12.7 Å². The molecule has 3 nitrogen and oxygen atoms in total. The minimum Gasteiger partial charge on any atom is -0.488 e. The Kier molecular flexibility index (Phi) is 4.70. The minimum atomic E-state index is -0.307. The molecule has 3 aromatic rings. The number of nitrogens with zero attached hydrogens (tertiary/aromatic N) is 1. The van der Waals surface area contributed by atoms with Gasteiger partial charge in [0.05, 0.1) is 4.88 Å². The molecule has 0 unspecified atom stereocenters. The second kappa shape index (κ2) is 7.16. The van der Waals surface area contributed by atoms with Crippen LogP contribution in [0.1, 0.15) is 34.1 Å². The molecule has 0 saturated carbocycles. The molecule has 0 spiro atoms. The number of rotatable bonds is 4. The van der Waals surface area contributed by atoms with Crippen molar-refractivity contribution in [1.82, 2.24) is 0 Å². The Morgan fingerprint density at radius 3 is 2.74 bits per heavy atom. The minimum absolute atomic E-state index is 0.0574. The van der Waals surface area contributed by atoms with Crippen LogP contribution in [0.5, 0.6) is 5.75 Å². The smallest absolute Gasteiger partial charge is 0.268 e. The van der Waals surface area contributed by atoms with Crippen molar-refractivity contribution in [2.45, 2.75) is 26.9 Å². The van der Waals surface area contributed by atoms with Gasteiger partial charge in [-0.2, -0.15) is 0 Å². The van der Waals surface area contributed by atoms with Crippen molar-refractivity contribution in [3.63, 3.8) is 0 Å². The summed E-state index contributed by atoms with van der Waals surface area (Å²) in [5.74, 6) is 0.503. The Labute approximate surface area is 162 Å². The van der Waals surface area contributed by atoms with Crippen LogP contribution in [0.15, 0.2) is 48.5 Å². The van der Waals surface area contributed by atoms with Gasteiger partial charge in [0.15, 0.2) is 0 Å². The maximum atomic E-state index is 13.3. The van der Waals surface area contributed by atoms with Gasteiger partial charge in [-0.05, 0) is 55.3 Å². The molecule has 0 radical (unpaired) electrons. The Hall–Kier alpha value is -2.66. The van der Waals surface area contributed by atoms with Crippen LogP contribution < -0.4 is 9.64 Å². The molecule has 0 atom stereocenters. The summed E-state index contributed by atoms with van der Waals surface area (Å²) < 4.78 is 19.1. The number of aryl methyl sites for hydroxylation is 1. The van der Waals surface area contributed by atoms with Gasteiger partial charge in [-0.3, -0.25) is 4.79 Å². The number of carbonyl (C=O) groups is 1. The number of carbonyl (C=O) groups excluding carboxylic acids is 1. The number of halogens is 1. The van der Waals surface area contributed by atoms with E-state index in [1.807, 2.05) is 25.1 Å². The molecule has 0 saturated heterocycles. The highest BCUT2D eigenvalue weighted by Gasteiger charge is 2.26. The first kappa shape index (κ1) is 17.7. The predicted molar refractivity (Wildman–Crippen MR) is 107 cm³/mol. The molecule has 0 N–H and O–H groups in total. The fourth-order valence-electron chi connectivity index (χ4n) is 3.39. The summed E-state index contributed by atoms with van der Waals surface area (Å²) in [5.41, 5.74) is 3.97. The highest BCUT2D eigenvalue weighted by atomic mass is 32.1. The van der Waals surface area contributed by atoms with Gasteiger partial charge in [-0.1, -0.05) is 19.1 Å². The summed E-state index contributed by atoms with van der Waals surface area (Å²) in [6, 6.07) is 14.0. The van der Waals surface area contributed by atoms with Gasteiger partial charge in [-0.15, -0.1) is 11.3 Å². The zero-order chi connectivity index (χ0) is 19.0. The third-order valence-electron chi connectivity index (χ3n) is 4.70. The van der Waals surface area contributed by atoms with E-state index < -0.39 is 0 Å². The maximum absolute atomic E-state index is 13.3. The summed E-state index contributed by atoms with van der Waals surface area (Å²) >= 11 is 1.51. The Balaban J connectivity index is 1.72. The summed E-state index contributed by atoms with van der Waals surface area (Å²) in [7, 11) is 0. The quantitative estimate of drug-likeness (QED) is 0.571. The number of fused-ring (bicyclic) bond motifs is 3. The van der Waals surface area contributed by atoms with Crippen LogP contribution in [0.3, 0.4) is 0 Å².